The smallest absolute Gasteiger partial charge is 0.144 e. The summed E-state index contributed by atoms with van der Waals surface area (Å²) in [7, 11) is 0. The van der Waals surface area contributed by atoms with E-state index in [9.17, 15) is 0 Å². The quantitative estimate of drug-likeness (QED) is 0.904. The van der Waals surface area contributed by atoms with Gasteiger partial charge in [-0.1, -0.05) is 11.6 Å². The molecule has 0 aliphatic carbocycles. The van der Waals surface area contributed by atoms with Crippen LogP contribution in [-0.4, -0.2) is 26.3 Å². The van der Waals surface area contributed by atoms with Crippen molar-refractivity contribution in [1.82, 2.24) is 19.7 Å². The summed E-state index contributed by atoms with van der Waals surface area (Å²) in [5.41, 5.74) is 1.68. The van der Waals surface area contributed by atoms with Crippen molar-refractivity contribution in [2.24, 2.45) is 0 Å². The predicted octanol–water partition coefficient (Wildman–Crippen LogP) is 2.12. The van der Waals surface area contributed by atoms with E-state index >= 15 is 0 Å². The van der Waals surface area contributed by atoms with Gasteiger partial charge in [-0.15, -0.1) is 0 Å². The largest absolute Gasteiger partial charge is 0.369 e. The Morgan fingerprint density at radius 3 is 2.71 bits per heavy atom. The number of aryl methyl sites for hydroxylation is 1. The third kappa shape index (κ3) is 2.94. The molecule has 0 fully saturated rings. The lowest BCUT2D eigenvalue weighted by atomic mass is 10.4. The molecule has 90 valence electrons. The first-order chi connectivity index (χ1) is 8.19. The first-order valence-corrected chi connectivity index (χ1v) is 5.81. The molecule has 0 saturated carbocycles. The highest BCUT2D eigenvalue weighted by molar-refractivity contribution is 6.31. The Bertz CT molecular complexity index is 472. The Morgan fingerprint density at radius 1 is 1.35 bits per heavy atom. The highest BCUT2D eigenvalue weighted by Crippen LogP contribution is 2.12. The number of aromatic nitrogens is 4. The molecule has 0 aliphatic rings. The van der Waals surface area contributed by atoms with Gasteiger partial charge in [0.25, 0.3) is 0 Å². The van der Waals surface area contributed by atoms with Gasteiger partial charge in [-0.2, -0.15) is 5.10 Å². The molecule has 5 nitrogen and oxygen atoms in total. The van der Waals surface area contributed by atoms with Crippen LogP contribution >= 0.6 is 11.6 Å². The van der Waals surface area contributed by atoms with Crippen LogP contribution in [0.4, 0.5) is 5.82 Å². The van der Waals surface area contributed by atoms with E-state index in [1.165, 1.54) is 0 Å². The van der Waals surface area contributed by atoms with Crippen molar-refractivity contribution in [3.05, 3.63) is 35.0 Å². The van der Waals surface area contributed by atoms with Crippen LogP contribution in [0.25, 0.3) is 0 Å². The Hall–Kier alpha value is -1.62. The molecule has 0 spiro atoms. The van der Waals surface area contributed by atoms with Gasteiger partial charge in [-0.05, 0) is 13.8 Å². The fraction of sp³-hybridized carbons (Fsp3) is 0.364. The SMILES string of the molecule is CCNc1cnc(Cn2cc(Cl)c(C)n2)cn1. The van der Waals surface area contributed by atoms with Crippen LogP contribution in [0.1, 0.15) is 18.3 Å². The Labute approximate surface area is 105 Å². The molecule has 2 heterocycles. The van der Waals surface area contributed by atoms with E-state index in [4.69, 9.17) is 11.6 Å². The van der Waals surface area contributed by atoms with Crippen molar-refractivity contribution in [3.63, 3.8) is 0 Å². The van der Waals surface area contributed by atoms with Crippen molar-refractivity contribution in [3.8, 4) is 0 Å². The summed E-state index contributed by atoms with van der Waals surface area (Å²) in [4.78, 5) is 8.55. The topological polar surface area (TPSA) is 55.6 Å². The van der Waals surface area contributed by atoms with Crippen molar-refractivity contribution >= 4 is 17.4 Å². The normalized spacial score (nSPS) is 10.5. The molecule has 0 aromatic carbocycles. The van der Waals surface area contributed by atoms with E-state index in [2.05, 4.69) is 20.4 Å². The maximum atomic E-state index is 5.93. The van der Waals surface area contributed by atoms with Crippen LogP contribution in [0.3, 0.4) is 0 Å². The molecular weight excluding hydrogens is 238 g/mol. The van der Waals surface area contributed by atoms with Crippen LogP contribution in [0.15, 0.2) is 18.6 Å². The number of halogens is 1. The van der Waals surface area contributed by atoms with Crippen molar-refractivity contribution in [1.29, 1.82) is 0 Å². The lowest BCUT2D eigenvalue weighted by Crippen LogP contribution is -2.05. The van der Waals surface area contributed by atoms with Crippen LogP contribution < -0.4 is 5.32 Å². The maximum Gasteiger partial charge on any atom is 0.144 e. The van der Waals surface area contributed by atoms with Gasteiger partial charge in [0.2, 0.25) is 0 Å². The standard InChI is InChI=1S/C11H14ClN5/c1-3-13-11-5-14-9(4-15-11)6-17-7-10(12)8(2)16-17/h4-5,7H,3,6H2,1-2H3,(H,13,15). The number of nitrogens with one attached hydrogen (secondary N) is 1. The average Bonchev–Trinajstić information content (AvgIpc) is 2.61. The third-order valence-corrected chi connectivity index (χ3v) is 2.64. The van der Waals surface area contributed by atoms with E-state index in [-0.39, 0.29) is 0 Å². The van der Waals surface area contributed by atoms with E-state index in [1.807, 2.05) is 13.8 Å². The molecule has 0 bridgehead atoms. The summed E-state index contributed by atoms with van der Waals surface area (Å²) < 4.78 is 1.76. The minimum absolute atomic E-state index is 0.576. The minimum atomic E-state index is 0.576. The van der Waals surface area contributed by atoms with Gasteiger partial charge >= 0.3 is 0 Å². The van der Waals surface area contributed by atoms with Crippen LogP contribution in [-0.2, 0) is 6.54 Å². The van der Waals surface area contributed by atoms with Crippen molar-refractivity contribution in [2.45, 2.75) is 20.4 Å². The van der Waals surface area contributed by atoms with Crippen LogP contribution in [0.5, 0.6) is 0 Å². The van der Waals surface area contributed by atoms with Gasteiger partial charge in [0.05, 0.1) is 35.3 Å². The van der Waals surface area contributed by atoms with Gasteiger partial charge in [0.15, 0.2) is 0 Å². The lowest BCUT2D eigenvalue weighted by Gasteiger charge is -2.03. The van der Waals surface area contributed by atoms with Gasteiger partial charge in [0, 0.05) is 12.7 Å². The van der Waals surface area contributed by atoms with Gasteiger partial charge in [-0.3, -0.25) is 9.67 Å². The predicted molar refractivity (Wildman–Crippen MR) is 67.3 cm³/mol. The zero-order valence-corrected chi connectivity index (χ0v) is 10.6. The van der Waals surface area contributed by atoms with Gasteiger partial charge in [0.1, 0.15) is 5.82 Å². The number of nitrogens with zero attached hydrogens (tertiary/aromatic N) is 4. The van der Waals surface area contributed by atoms with Gasteiger partial charge < -0.3 is 5.32 Å². The van der Waals surface area contributed by atoms with Gasteiger partial charge in [-0.25, -0.2) is 4.98 Å². The minimum Gasteiger partial charge on any atom is -0.369 e. The molecular formula is C11H14ClN5. The second-order valence-electron chi connectivity index (χ2n) is 3.68. The number of hydrogen-bond donors (Lipinski definition) is 1. The number of anilines is 1. The number of rotatable bonds is 4. The fourth-order valence-corrected chi connectivity index (χ4v) is 1.60. The molecule has 0 saturated heterocycles. The highest BCUT2D eigenvalue weighted by Gasteiger charge is 2.03. The Kier molecular flexibility index (Phi) is 3.58. The van der Waals surface area contributed by atoms with E-state index in [1.54, 1.807) is 23.3 Å². The summed E-state index contributed by atoms with van der Waals surface area (Å²) in [5.74, 6) is 0.783. The molecule has 17 heavy (non-hydrogen) atoms. The summed E-state index contributed by atoms with van der Waals surface area (Å²) in [6.45, 7) is 5.30. The zero-order chi connectivity index (χ0) is 12.3. The first-order valence-electron chi connectivity index (χ1n) is 5.43. The summed E-state index contributed by atoms with van der Waals surface area (Å²) in [6, 6.07) is 0. The van der Waals surface area contributed by atoms with E-state index < -0.39 is 0 Å². The average molecular weight is 252 g/mol. The maximum absolute atomic E-state index is 5.93. The van der Waals surface area contributed by atoms with E-state index in [0.717, 1.165) is 23.8 Å². The van der Waals surface area contributed by atoms with Crippen LogP contribution in [0.2, 0.25) is 5.02 Å². The van der Waals surface area contributed by atoms with Crippen molar-refractivity contribution < 1.29 is 0 Å². The summed E-state index contributed by atoms with van der Waals surface area (Å²) >= 11 is 5.93. The molecule has 6 heteroatoms. The number of hydrogen-bond acceptors (Lipinski definition) is 4. The molecule has 0 aliphatic heterocycles. The third-order valence-electron chi connectivity index (χ3n) is 2.27. The zero-order valence-electron chi connectivity index (χ0n) is 9.81. The lowest BCUT2D eigenvalue weighted by molar-refractivity contribution is 0.663. The Balaban J connectivity index is 2.08. The second kappa shape index (κ2) is 5.14. The molecule has 2 aromatic rings. The summed E-state index contributed by atoms with van der Waals surface area (Å²) in [5, 5.41) is 8.03. The monoisotopic (exact) mass is 251 g/mol. The fourth-order valence-electron chi connectivity index (χ4n) is 1.45. The van der Waals surface area contributed by atoms with Crippen LogP contribution in [0, 0.1) is 6.92 Å². The molecule has 0 amide bonds. The highest BCUT2D eigenvalue weighted by atomic mass is 35.5. The molecule has 2 rings (SSSR count). The molecule has 0 radical (unpaired) electrons. The molecule has 0 atom stereocenters. The second-order valence-corrected chi connectivity index (χ2v) is 4.09. The van der Waals surface area contributed by atoms with Crippen molar-refractivity contribution in [2.75, 3.05) is 11.9 Å². The Morgan fingerprint density at radius 2 is 2.18 bits per heavy atom. The molecule has 1 N–H and O–H groups in total. The molecule has 0 unspecified atom stereocenters. The molecule has 2 aromatic heterocycles. The first kappa shape index (κ1) is 11.9. The summed E-state index contributed by atoms with van der Waals surface area (Å²) in [6.07, 6.45) is 5.25. The van der Waals surface area contributed by atoms with E-state index in [0.29, 0.717) is 11.6 Å².